The van der Waals surface area contributed by atoms with Crippen molar-refractivity contribution >= 4 is 11.6 Å². The van der Waals surface area contributed by atoms with Crippen molar-refractivity contribution in [1.29, 1.82) is 0 Å². The van der Waals surface area contributed by atoms with Crippen molar-refractivity contribution in [3.05, 3.63) is 34.6 Å². The van der Waals surface area contributed by atoms with Gasteiger partial charge in [0.25, 0.3) is 0 Å². The Bertz CT molecular complexity index is 297. The highest BCUT2D eigenvalue weighted by atomic mass is 35.5. The van der Waals surface area contributed by atoms with Gasteiger partial charge >= 0.3 is 0 Å². The van der Waals surface area contributed by atoms with Gasteiger partial charge in [-0.1, -0.05) is 17.7 Å². The second-order valence-electron chi connectivity index (χ2n) is 2.91. The third kappa shape index (κ3) is 1.76. The Hall–Kier alpha value is -0.600. The van der Waals surface area contributed by atoms with Gasteiger partial charge in [0.05, 0.1) is 17.7 Å². The topological polar surface area (TPSA) is 12.5 Å². The van der Waals surface area contributed by atoms with Crippen molar-refractivity contribution < 1.29 is 9.13 Å². The average Bonchev–Trinajstić information content (AvgIpc) is 2.81. The lowest BCUT2D eigenvalue weighted by molar-refractivity contribution is 0.407. The SMILES string of the molecule is Fc1cc(CC2CO2)ccc1Cl. The van der Waals surface area contributed by atoms with E-state index in [9.17, 15) is 4.39 Å². The van der Waals surface area contributed by atoms with Gasteiger partial charge < -0.3 is 4.74 Å². The summed E-state index contributed by atoms with van der Waals surface area (Å²) in [7, 11) is 0. The molecule has 0 spiro atoms. The van der Waals surface area contributed by atoms with Gasteiger partial charge in [0.15, 0.2) is 0 Å². The van der Waals surface area contributed by atoms with Gasteiger partial charge in [-0.3, -0.25) is 0 Å². The summed E-state index contributed by atoms with van der Waals surface area (Å²) in [5, 5.41) is 0.176. The van der Waals surface area contributed by atoms with Crippen LogP contribution in [0, 0.1) is 5.82 Å². The Kier molecular flexibility index (Phi) is 2.03. The molecule has 0 aliphatic carbocycles. The summed E-state index contributed by atoms with van der Waals surface area (Å²) in [5.74, 6) is -0.352. The Labute approximate surface area is 75.1 Å². The zero-order valence-corrected chi connectivity index (χ0v) is 7.14. The van der Waals surface area contributed by atoms with E-state index in [2.05, 4.69) is 0 Å². The molecule has 3 heteroatoms. The smallest absolute Gasteiger partial charge is 0.142 e. The summed E-state index contributed by atoms with van der Waals surface area (Å²) >= 11 is 5.53. The summed E-state index contributed by atoms with van der Waals surface area (Å²) < 4.78 is 17.9. The van der Waals surface area contributed by atoms with Crippen LogP contribution in [0.15, 0.2) is 18.2 Å². The van der Waals surface area contributed by atoms with Crippen molar-refractivity contribution in [1.82, 2.24) is 0 Å². The molecular weight excluding hydrogens is 179 g/mol. The van der Waals surface area contributed by atoms with Crippen LogP contribution in [0.3, 0.4) is 0 Å². The van der Waals surface area contributed by atoms with E-state index in [-0.39, 0.29) is 10.8 Å². The summed E-state index contributed by atoms with van der Waals surface area (Å²) in [6.45, 7) is 0.796. The Morgan fingerprint density at radius 2 is 2.33 bits per heavy atom. The molecule has 1 aliphatic heterocycles. The maximum atomic E-state index is 12.9. The molecule has 1 saturated heterocycles. The van der Waals surface area contributed by atoms with Crippen LogP contribution in [-0.2, 0) is 11.2 Å². The van der Waals surface area contributed by atoms with Crippen molar-refractivity contribution in [3.63, 3.8) is 0 Å². The lowest BCUT2D eigenvalue weighted by atomic mass is 10.1. The van der Waals surface area contributed by atoms with Crippen molar-refractivity contribution in [2.75, 3.05) is 6.61 Å². The average molecular weight is 187 g/mol. The minimum Gasteiger partial charge on any atom is -0.373 e. The first-order valence-corrected chi connectivity index (χ1v) is 4.19. The first kappa shape index (κ1) is 8.02. The maximum absolute atomic E-state index is 12.9. The van der Waals surface area contributed by atoms with Crippen molar-refractivity contribution in [2.45, 2.75) is 12.5 Å². The van der Waals surface area contributed by atoms with Gasteiger partial charge in [0, 0.05) is 6.42 Å². The van der Waals surface area contributed by atoms with Crippen LogP contribution in [0.2, 0.25) is 5.02 Å². The molecule has 0 radical (unpaired) electrons. The van der Waals surface area contributed by atoms with Crippen LogP contribution < -0.4 is 0 Å². The maximum Gasteiger partial charge on any atom is 0.142 e. The summed E-state index contributed by atoms with van der Waals surface area (Å²) in [6.07, 6.45) is 1.08. The summed E-state index contributed by atoms with van der Waals surface area (Å²) in [4.78, 5) is 0. The van der Waals surface area contributed by atoms with Crippen molar-refractivity contribution in [2.24, 2.45) is 0 Å². The Morgan fingerprint density at radius 1 is 1.58 bits per heavy atom. The van der Waals surface area contributed by atoms with E-state index in [1.54, 1.807) is 6.07 Å². The fourth-order valence-electron chi connectivity index (χ4n) is 1.12. The standard InChI is InChI=1S/C9H8ClFO/c10-8-2-1-6(4-9(8)11)3-7-5-12-7/h1-2,4,7H,3,5H2. The summed E-state index contributed by atoms with van der Waals surface area (Å²) in [6, 6.07) is 4.87. The second-order valence-corrected chi connectivity index (χ2v) is 3.32. The molecule has 0 amide bonds. The zero-order chi connectivity index (χ0) is 8.55. The van der Waals surface area contributed by atoms with Crippen molar-refractivity contribution in [3.8, 4) is 0 Å². The van der Waals surface area contributed by atoms with Crippen LogP contribution in [0.25, 0.3) is 0 Å². The number of epoxide rings is 1. The largest absolute Gasteiger partial charge is 0.373 e. The lowest BCUT2D eigenvalue weighted by Gasteiger charge is -1.98. The molecule has 2 rings (SSSR count). The zero-order valence-electron chi connectivity index (χ0n) is 6.39. The highest BCUT2D eigenvalue weighted by Crippen LogP contribution is 2.20. The summed E-state index contributed by atoms with van der Waals surface area (Å²) in [5.41, 5.74) is 0.944. The molecule has 1 aromatic rings. The molecule has 1 aliphatic rings. The number of benzene rings is 1. The molecule has 0 saturated carbocycles. The fraction of sp³-hybridized carbons (Fsp3) is 0.333. The van der Waals surface area contributed by atoms with Crippen LogP contribution in [-0.4, -0.2) is 12.7 Å². The van der Waals surface area contributed by atoms with E-state index in [4.69, 9.17) is 16.3 Å². The van der Waals surface area contributed by atoms with Gasteiger partial charge in [-0.25, -0.2) is 4.39 Å². The molecule has 1 nitrogen and oxygen atoms in total. The lowest BCUT2D eigenvalue weighted by Crippen LogP contribution is -1.93. The molecule has 1 aromatic carbocycles. The Morgan fingerprint density at radius 3 is 2.92 bits per heavy atom. The monoisotopic (exact) mass is 186 g/mol. The van der Waals surface area contributed by atoms with Gasteiger partial charge in [-0.05, 0) is 17.7 Å². The van der Waals surface area contributed by atoms with Gasteiger partial charge in [-0.15, -0.1) is 0 Å². The highest BCUT2D eigenvalue weighted by Gasteiger charge is 2.22. The predicted molar refractivity (Wildman–Crippen MR) is 44.9 cm³/mol. The number of halogens is 2. The van der Waals surface area contributed by atoms with Crippen LogP contribution in [0.5, 0.6) is 0 Å². The van der Waals surface area contributed by atoms with E-state index >= 15 is 0 Å². The number of hydrogen-bond donors (Lipinski definition) is 0. The third-order valence-electron chi connectivity index (χ3n) is 1.85. The molecule has 64 valence electrons. The van der Waals surface area contributed by atoms with Gasteiger partial charge in [-0.2, -0.15) is 0 Å². The van der Waals surface area contributed by atoms with E-state index < -0.39 is 0 Å². The molecule has 1 fully saturated rings. The minimum absolute atomic E-state index is 0.176. The van der Waals surface area contributed by atoms with E-state index in [0.717, 1.165) is 18.6 Å². The molecule has 1 heterocycles. The molecule has 12 heavy (non-hydrogen) atoms. The normalized spacial score (nSPS) is 21.0. The van der Waals surface area contributed by atoms with E-state index in [1.165, 1.54) is 6.07 Å². The van der Waals surface area contributed by atoms with Crippen LogP contribution >= 0.6 is 11.6 Å². The quantitative estimate of drug-likeness (QED) is 0.647. The second kappa shape index (κ2) is 3.04. The molecule has 0 aromatic heterocycles. The molecule has 0 N–H and O–H groups in total. The van der Waals surface area contributed by atoms with Gasteiger partial charge in [0.2, 0.25) is 0 Å². The fourth-order valence-corrected chi connectivity index (χ4v) is 1.23. The van der Waals surface area contributed by atoms with E-state index in [1.807, 2.05) is 6.07 Å². The first-order valence-electron chi connectivity index (χ1n) is 3.81. The molecular formula is C9H8ClFO. The highest BCUT2D eigenvalue weighted by molar-refractivity contribution is 6.30. The molecule has 0 bridgehead atoms. The predicted octanol–water partition coefficient (Wildman–Crippen LogP) is 2.42. The number of ether oxygens (including phenoxy) is 1. The minimum atomic E-state index is -0.352. The molecule has 1 unspecified atom stereocenters. The number of hydrogen-bond acceptors (Lipinski definition) is 1. The van der Waals surface area contributed by atoms with Crippen LogP contribution in [0.4, 0.5) is 4.39 Å². The van der Waals surface area contributed by atoms with Gasteiger partial charge in [0.1, 0.15) is 5.82 Å². The number of rotatable bonds is 2. The first-order chi connectivity index (χ1) is 5.75. The van der Waals surface area contributed by atoms with E-state index in [0.29, 0.717) is 6.10 Å². The Balaban J connectivity index is 2.15. The molecule has 1 atom stereocenters. The van der Waals surface area contributed by atoms with Crippen LogP contribution in [0.1, 0.15) is 5.56 Å². The third-order valence-corrected chi connectivity index (χ3v) is 2.16.